The molecule has 0 fully saturated rings. The molecule has 108 valence electrons. The molecule has 0 aliphatic heterocycles. The first kappa shape index (κ1) is 14.8. The van der Waals surface area contributed by atoms with Gasteiger partial charge in [-0.3, -0.25) is 4.90 Å². The van der Waals surface area contributed by atoms with Gasteiger partial charge in [-0.05, 0) is 19.0 Å². The summed E-state index contributed by atoms with van der Waals surface area (Å²) in [6.07, 6.45) is 0. The number of nitrogens with two attached hydrogens (primary N) is 1. The van der Waals surface area contributed by atoms with Crippen LogP contribution in [0.5, 0.6) is 0 Å². The SMILES string of the molecule is CN(Cc1cc(-c2ccccc2)no1)CC(C)(C)CN. The first-order chi connectivity index (χ1) is 9.50. The highest BCUT2D eigenvalue weighted by molar-refractivity contribution is 5.58. The molecule has 0 aliphatic carbocycles. The molecule has 1 heterocycles. The van der Waals surface area contributed by atoms with Crippen molar-refractivity contribution in [2.24, 2.45) is 11.1 Å². The fourth-order valence-corrected chi connectivity index (χ4v) is 2.25. The predicted octanol–water partition coefficient (Wildman–Crippen LogP) is 2.76. The molecule has 0 unspecified atom stereocenters. The fourth-order valence-electron chi connectivity index (χ4n) is 2.25. The molecule has 1 aromatic heterocycles. The maximum absolute atomic E-state index is 5.77. The van der Waals surface area contributed by atoms with E-state index < -0.39 is 0 Å². The third-order valence-corrected chi connectivity index (χ3v) is 3.30. The third kappa shape index (κ3) is 3.92. The molecule has 0 spiro atoms. The highest BCUT2D eigenvalue weighted by atomic mass is 16.5. The van der Waals surface area contributed by atoms with E-state index >= 15 is 0 Å². The van der Waals surface area contributed by atoms with Crippen LogP contribution in [0.3, 0.4) is 0 Å². The summed E-state index contributed by atoms with van der Waals surface area (Å²) in [6.45, 7) is 6.66. The quantitative estimate of drug-likeness (QED) is 0.879. The second-order valence-corrected chi connectivity index (χ2v) is 6.09. The van der Waals surface area contributed by atoms with Gasteiger partial charge in [-0.25, -0.2) is 0 Å². The van der Waals surface area contributed by atoms with Crippen LogP contribution in [-0.2, 0) is 6.54 Å². The van der Waals surface area contributed by atoms with Crippen LogP contribution in [0.15, 0.2) is 40.9 Å². The van der Waals surface area contributed by atoms with Crippen LogP contribution in [0.2, 0.25) is 0 Å². The van der Waals surface area contributed by atoms with E-state index in [2.05, 4.69) is 31.0 Å². The van der Waals surface area contributed by atoms with E-state index in [0.717, 1.165) is 30.1 Å². The summed E-state index contributed by atoms with van der Waals surface area (Å²) >= 11 is 0. The largest absolute Gasteiger partial charge is 0.359 e. The van der Waals surface area contributed by atoms with E-state index in [4.69, 9.17) is 10.3 Å². The van der Waals surface area contributed by atoms with Gasteiger partial charge >= 0.3 is 0 Å². The zero-order valence-corrected chi connectivity index (χ0v) is 12.5. The first-order valence-electron chi connectivity index (χ1n) is 6.90. The zero-order chi connectivity index (χ0) is 14.6. The Bertz CT molecular complexity index is 534. The van der Waals surface area contributed by atoms with E-state index in [1.165, 1.54) is 0 Å². The van der Waals surface area contributed by atoms with E-state index in [-0.39, 0.29) is 5.41 Å². The van der Waals surface area contributed by atoms with Crippen molar-refractivity contribution in [1.29, 1.82) is 0 Å². The van der Waals surface area contributed by atoms with Crippen molar-refractivity contribution in [2.45, 2.75) is 20.4 Å². The molecule has 0 amide bonds. The smallest absolute Gasteiger partial charge is 0.151 e. The van der Waals surface area contributed by atoms with Gasteiger partial charge in [0, 0.05) is 18.2 Å². The number of benzene rings is 1. The van der Waals surface area contributed by atoms with Crippen LogP contribution in [0, 0.1) is 5.41 Å². The van der Waals surface area contributed by atoms with Crippen LogP contribution in [0.25, 0.3) is 11.3 Å². The average molecular weight is 273 g/mol. The van der Waals surface area contributed by atoms with Crippen LogP contribution in [-0.4, -0.2) is 30.2 Å². The number of nitrogens with zero attached hydrogens (tertiary/aromatic N) is 2. The molecule has 0 saturated heterocycles. The molecule has 2 aromatic rings. The minimum absolute atomic E-state index is 0.108. The fraction of sp³-hybridized carbons (Fsp3) is 0.438. The summed E-state index contributed by atoms with van der Waals surface area (Å²) in [5.74, 6) is 0.874. The van der Waals surface area contributed by atoms with E-state index in [0.29, 0.717) is 6.54 Å². The second kappa shape index (κ2) is 6.20. The van der Waals surface area contributed by atoms with Gasteiger partial charge in [-0.15, -0.1) is 0 Å². The molecule has 1 aromatic carbocycles. The lowest BCUT2D eigenvalue weighted by molar-refractivity contribution is 0.192. The first-order valence-corrected chi connectivity index (χ1v) is 6.90. The summed E-state index contributed by atoms with van der Waals surface area (Å²) in [4.78, 5) is 2.21. The molecule has 4 heteroatoms. The molecule has 0 saturated carbocycles. The Morgan fingerprint density at radius 3 is 2.60 bits per heavy atom. The average Bonchev–Trinajstić information content (AvgIpc) is 2.87. The minimum atomic E-state index is 0.108. The van der Waals surface area contributed by atoms with Gasteiger partial charge in [0.15, 0.2) is 5.76 Å². The van der Waals surface area contributed by atoms with Crippen molar-refractivity contribution < 1.29 is 4.52 Å². The summed E-state index contributed by atoms with van der Waals surface area (Å²) < 4.78 is 5.41. The van der Waals surface area contributed by atoms with Crippen LogP contribution in [0.1, 0.15) is 19.6 Å². The van der Waals surface area contributed by atoms with Crippen molar-refractivity contribution in [3.05, 3.63) is 42.2 Å². The Labute approximate surface area is 120 Å². The molecule has 0 atom stereocenters. The second-order valence-electron chi connectivity index (χ2n) is 6.09. The highest BCUT2D eigenvalue weighted by Crippen LogP contribution is 2.20. The highest BCUT2D eigenvalue weighted by Gasteiger charge is 2.19. The van der Waals surface area contributed by atoms with Gasteiger partial charge < -0.3 is 10.3 Å². The van der Waals surface area contributed by atoms with Gasteiger partial charge in [-0.1, -0.05) is 49.3 Å². The summed E-state index contributed by atoms with van der Waals surface area (Å²) in [7, 11) is 2.07. The van der Waals surface area contributed by atoms with Crippen molar-refractivity contribution in [3.63, 3.8) is 0 Å². The molecule has 0 bridgehead atoms. The Hall–Kier alpha value is -1.65. The zero-order valence-electron chi connectivity index (χ0n) is 12.5. The summed E-state index contributed by atoms with van der Waals surface area (Å²) in [5, 5.41) is 4.13. The lowest BCUT2D eigenvalue weighted by atomic mass is 9.93. The van der Waals surface area contributed by atoms with Crippen molar-refractivity contribution in [3.8, 4) is 11.3 Å². The number of hydrogen-bond donors (Lipinski definition) is 1. The van der Waals surface area contributed by atoms with Crippen molar-refractivity contribution in [1.82, 2.24) is 10.1 Å². The Kier molecular flexibility index (Phi) is 4.57. The number of hydrogen-bond acceptors (Lipinski definition) is 4. The number of rotatable bonds is 6. The summed E-state index contributed by atoms with van der Waals surface area (Å²) in [6, 6.07) is 12.1. The van der Waals surface area contributed by atoms with E-state index in [1.807, 2.05) is 36.4 Å². The molecule has 4 nitrogen and oxygen atoms in total. The van der Waals surface area contributed by atoms with Crippen molar-refractivity contribution >= 4 is 0 Å². The van der Waals surface area contributed by atoms with Gasteiger partial charge in [0.1, 0.15) is 5.69 Å². The van der Waals surface area contributed by atoms with Crippen molar-refractivity contribution in [2.75, 3.05) is 20.1 Å². The van der Waals surface area contributed by atoms with E-state index in [9.17, 15) is 0 Å². The lowest BCUT2D eigenvalue weighted by Gasteiger charge is -2.28. The van der Waals surface area contributed by atoms with Crippen LogP contribution >= 0.6 is 0 Å². The number of aromatic nitrogens is 1. The van der Waals surface area contributed by atoms with Crippen LogP contribution < -0.4 is 5.73 Å². The minimum Gasteiger partial charge on any atom is -0.359 e. The maximum Gasteiger partial charge on any atom is 0.151 e. The summed E-state index contributed by atoms with van der Waals surface area (Å²) in [5.41, 5.74) is 7.83. The monoisotopic (exact) mass is 273 g/mol. The normalized spacial score (nSPS) is 12.1. The molecule has 0 aliphatic rings. The molecule has 0 radical (unpaired) electrons. The molecule has 2 rings (SSSR count). The van der Waals surface area contributed by atoms with Gasteiger partial charge in [0.05, 0.1) is 6.54 Å². The molecular formula is C16H23N3O. The standard InChI is InChI=1S/C16H23N3O/c1-16(2,11-17)12-19(3)10-14-9-15(18-20-14)13-7-5-4-6-8-13/h4-9H,10-12,17H2,1-3H3. The van der Waals surface area contributed by atoms with Gasteiger partial charge in [-0.2, -0.15) is 0 Å². The lowest BCUT2D eigenvalue weighted by Crippen LogP contribution is -2.36. The Morgan fingerprint density at radius 2 is 1.95 bits per heavy atom. The van der Waals surface area contributed by atoms with Crippen LogP contribution in [0.4, 0.5) is 0 Å². The van der Waals surface area contributed by atoms with Gasteiger partial charge in [0.25, 0.3) is 0 Å². The Morgan fingerprint density at radius 1 is 1.25 bits per heavy atom. The topological polar surface area (TPSA) is 55.3 Å². The third-order valence-electron chi connectivity index (χ3n) is 3.30. The van der Waals surface area contributed by atoms with E-state index in [1.54, 1.807) is 0 Å². The predicted molar refractivity (Wildman–Crippen MR) is 81.1 cm³/mol. The van der Waals surface area contributed by atoms with Gasteiger partial charge in [0.2, 0.25) is 0 Å². The maximum atomic E-state index is 5.77. The molecular weight excluding hydrogens is 250 g/mol. The Balaban J connectivity index is 2.00. The molecule has 20 heavy (non-hydrogen) atoms. The molecule has 2 N–H and O–H groups in total.